The molecule has 6 aromatic rings. The van der Waals surface area contributed by atoms with Crippen LogP contribution in [-0.2, 0) is 0 Å². The highest BCUT2D eigenvalue weighted by Crippen LogP contribution is 2.33. The van der Waals surface area contributed by atoms with Crippen LogP contribution in [0, 0.1) is 0 Å². The predicted octanol–water partition coefficient (Wildman–Crippen LogP) is 5.66. The van der Waals surface area contributed by atoms with Crippen molar-refractivity contribution in [1.82, 2.24) is 9.66 Å². The largest absolute Gasteiger partial charge is 0.496 e. The molecule has 0 spiro atoms. The maximum Gasteiger partial charge on any atom is 0.335 e. The Hall–Kier alpha value is -5.44. The Morgan fingerprint density at radius 2 is 1.79 bits per heavy atom. The zero-order chi connectivity index (χ0) is 26.2. The van der Waals surface area contributed by atoms with Crippen molar-refractivity contribution in [3.8, 4) is 28.7 Å². The molecule has 0 amide bonds. The fraction of sp³-hybridized carbons (Fsp3) is 0.0345. The van der Waals surface area contributed by atoms with Gasteiger partial charge in [-0.05, 0) is 54.6 Å². The maximum absolute atomic E-state index is 13.5. The fourth-order valence-electron chi connectivity index (χ4n) is 4.21. The monoisotopic (exact) mass is 505 g/mol. The Bertz CT molecular complexity index is 1930. The molecule has 1 N–H and O–H groups in total. The summed E-state index contributed by atoms with van der Waals surface area (Å²) < 4.78 is 18.5. The molecule has 9 heteroatoms. The Balaban J connectivity index is 1.45. The maximum atomic E-state index is 13.5. The number of ether oxygens (including phenoxy) is 1. The number of nitrogens with zero attached hydrogens (tertiary/aromatic N) is 3. The second-order valence-corrected chi connectivity index (χ2v) is 8.38. The molecule has 0 unspecified atom stereocenters. The normalized spacial score (nSPS) is 11.5. The van der Waals surface area contributed by atoms with E-state index in [1.54, 1.807) is 67.8 Å². The molecule has 0 saturated carbocycles. The molecule has 0 aliphatic rings. The highest BCUT2D eigenvalue weighted by atomic mass is 16.5. The van der Waals surface area contributed by atoms with Gasteiger partial charge in [0, 0.05) is 5.56 Å². The summed E-state index contributed by atoms with van der Waals surface area (Å²) in [4.78, 5) is 29.5. The lowest BCUT2D eigenvalue weighted by Crippen LogP contribution is -2.20. The van der Waals surface area contributed by atoms with E-state index >= 15 is 0 Å². The summed E-state index contributed by atoms with van der Waals surface area (Å²) in [6.45, 7) is 0. The van der Waals surface area contributed by atoms with E-state index in [2.05, 4.69) is 10.1 Å². The van der Waals surface area contributed by atoms with Crippen LogP contribution in [0.3, 0.4) is 0 Å². The molecule has 0 saturated heterocycles. The zero-order valence-corrected chi connectivity index (χ0v) is 20.0. The number of hydrogen-bond acceptors (Lipinski definition) is 7. The lowest BCUT2D eigenvalue weighted by molar-refractivity contribution is 0.0697. The summed E-state index contributed by atoms with van der Waals surface area (Å²) >= 11 is 0. The molecule has 3 heterocycles. The van der Waals surface area contributed by atoms with Crippen LogP contribution in [-0.4, -0.2) is 34.1 Å². The quantitative estimate of drug-likeness (QED) is 0.290. The molecule has 0 radical (unpaired) electrons. The van der Waals surface area contributed by atoms with Crippen LogP contribution >= 0.6 is 0 Å². The Morgan fingerprint density at radius 1 is 0.947 bits per heavy atom. The van der Waals surface area contributed by atoms with Crippen molar-refractivity contribution in [2.45, 2.75) is 0 Å². The van der Waals surface area contributed by atoms with Gasteiger partial charge >= 0.3 is 5.97 Å². The van der Waals surface area contributed by atoms with Crippen molar-refractivity contribution in [2.24, 2.45) is 5.10 Å². The third-order valence-corrected chi connectivity index (χ3v) is 6.04. The van der Waals surface area contributed by atoms with Gasteiger partial charge in [0.1, 0.15) is 22.9 Å². The number of benzene rings is 3. The van der Waals surface area contributed by atoms with E-state index in [1.165, 1.54) is 23.0 Å². The number of hydrogen-bond donors (Lipinski definition) is 1. The van der Waals surface area contributed by atoms with Crippen LogP contribution in [0.25, 0.3) is 44.8 Å². The number of rotatable bonds is 6. The number of carbonyl (C=O) groups is 1. The number of fused-ring (bicyclic) bond motifs is 2. The summed E-state index contributed by atoms with van der Waals surface area (Å²) in [5.41, 5.74) is 1.46. The average Bonchev–Trinajstić information content (AvgIpc) is 3.60. The van der Waals surface area contributed by atoms with Crippen LogP contribution in [0.4, 0.5) is 0 Å². The second kappa shape index (κ2) is 9.21. The van der Waals surface area contributed by atoms with E-state index in [4.69, 9.17) is 13.6 Å². The van der Waals surface area contributed by atoms with Gasteiger partial charge in [-0.2, -0.15) is 9.78 Å². The predicted molar refractivity (Wildman–Crippen MR) is 142 cm³/mol. The van der Waals surface area contributed by atoms with E-state index in [1.807, 2.05) is 12.1 Å². The third kappa shape index (κ3) is 4.01. The minimum Gasteiger partial charge on any atom is -0.496 e. The standard InChI is InChI=1S/C29H19N3O6/c1-36-24-10-5-11-25-21(24)15-26(38-25)27-31-22-9-3-2-8-20(22)28(33)32(27)30-16-19-12-13-23(37-19)17-6-4-7-18(14-17)29(34)35/h2-16H,1H3,(H,34,35). The molecule has 3 aromatic carbocycles. The third-order valence-electron chi connectivity index (χ3n) is 6.04. The van der Waals surface area contributed by atoms with Gasteiger partial charge in [-0.1, -0.05) is 30.3 Å². The van der Waals surface area contributed by atoms with Gasteiger partial charge in [0.25, 0.3) is 5.56 Å². The zero-order valence-electron chi connectivity index (χ0n) is 20.0. The molecule has 3 aromatic heterocycles. The van der Waals surface area contributed by atoms with Crippen LogP contribution < -0.4 is 10.3 Å². The second-order valence-electron chi connectivity index (χ2n) is 8.38. The Kier molecular flexibility index (Phi) is 5.57. The van der Waals surface area contributed by atoms with E-state index in [0.29, 0.717) is 45.1 Å². The van der Waals surface area contributed by atoms with Crippen molar-refractivity contribution in [2.75, 3.05) is 7.11 Å². The molecule has 0 atom stereocenters. The molecule has 9 nitrogen and oxygen atoms in total. The van der Waals surface area contributed by atoms with Crippen molar-refractivity contribution in [3.63, 3.8) is 0 Å². The van der Waals surface area contributed by atoms with Gasteiger partial charge in [-0.15, -0.1) is 0 Å². The first kappa shape index (κ1) is 23.0. The summed E-state index contributed by atoms with van der Waals surface area (Å²) in [5.74, 6) is 0.977. The summed E-state index contributed by atoms with van der Waals surface area (Å²) in [5, 5.41) is 14.8. The highest BCUT2D eigenvalue weighted by molar-refractivity contribution is 5.90. The number of carboxylic acid groups (broad SMARTS) is 1. The number of para-hydroxylation sites is 1. The van der Waals surface area contributed by atoms with Gasteiger partial charge in [0.2, 0.25) is 5.82 Å². The molecule has 0 fully saturated rings. The smallest absolute Gasteiger partial charge is 0.335 e. The van der Waals surface area contributed by atoms with E-state index in [0.717, 1.165) is 5.39 Å². The lowest BCUT2D eigenvalue weighted by atomic mass is 10.1. The first-order valence-corrected chi connectivity index (χ1v) is 11.6. The fourth-order valence-corrected chi connectivity index (χ4v) is 4.21. The SMILES string of the molecule is COc1cccc2oc(-c3nc4ccccc4c(=O)n3N=Cc3ccc(-c4cccc(C(=O)O)c4)o3)cc12. The average molecular weight is 505 g/mol. The number of methoxy groups -OCH3 is 1. The first-order valence-electron chi connectivity index (χ1n) is 11.6. The van der Waals surface area contributed by atoms with Gasteiger partial charge in [-0.3, -0.25) is 4.79 Å². The molecule has 0 aliphatic heterocycles. The number of furan rings is 2. The molecule has 0 bridgehead atoms. The van der Waals surface area contributed by atoms with Crippen LogP contribution in [0.1, 0.15) is 16.1 Å². The number of aromatic carboxylic acids is 1. The lowest BCUT2D eigenvalue weighted by Gasteiger charge is -2.06. The van der Waals surface area contributed by atoms with Crippen LogP contribution in [0.15, 0.2) is 104 Å². The van der Waals surface area contributed by atoms with Gasteiger partial charge in [0.05, 0.1) is 35.2 Å². The van der Waals surface area contributed by atoms with Crippen molar-refractivity contribution < 1.29 is 23.5 Å². The molecule has 38 heavy (non-hydrogen) atoms. The molecule has 6 rings (SSSR count). The van der Waals surface area contributed by atoms with Gasteiger partial charge < -0.3 is 18.7 Å². The van der Waals surface area contributed by atoms with Gasteiger partial charge in [0.15, 0.2) is 5.76 Å². The van der Waals surface area contributed by atoms with Crippen LogP contribution in [0.2, 0.25) is 0 Å². The van der Waals surface area contributed by atoms with E-state index in [9.17, 15) is 14.7 Å². The van der Waals surface area contributed by atoms with Crippen LogP contribution in [0.5, 0.6) is 5.75 Å². The summed E-state index contributed by atoms with van der Waals surface area (Å²) in [6, 6.07) is 24.0. The highest BCUT2D eigenvalue weighted by Gasteiger charge is 2.18. The first-order chi connectivity index (χ1) is 18.5. The Labute approximate surface area is 214 Å². The Morgan fingerprint density at radius 3 is 2.63 bits per heavy atom. The minimum absolute atomic E-state index is 0.148. The summed E-state index contributed by atoms with van der Waals surface area (Å²) in [7, 11) is 1.57. The van der Waals surface area contributed by atoms with E-state index < -0.39 is 5.97 Å². The summed E-state index contributed by atoms with van der Waals surface area (Å²) in [6.07, 6.45) is 1.40. The molecule has 186 valence electrons. The topological polar surface area (TPSA) is 120 Å². The van der Waals surface area contributed by atoms with Crippen molar-refractivity contribution in [1.29, 1.82) is 0 Å². The molecular formula is C29H19N3O6. The minimum atomic E-state index is -1.03. The van der Waals surface area contributed by atoms with Crippen molar-refractivity contribution >= 4 is 34.1 Å². The van der Waals surface area contributed by atoms with Crippen molar-refractivity contribution in [3.05, 3.63) is 107 Å². The number of aromatic nitrogens is 2. The molecule has 0 aliphatic carbocycles. The molecular weight excluding hydrogens is 486 g/mol. The van der Waals surface area contributed by atoms with E-state index in [-0.39, 0.29) is 16.9 Å². The van der Waals surface area contributed by atoms with Gasteiger partial charge in [-0.25, -0.2) is 9.78 Å². The number of carboxylic acids is 1.